The fourth-order valence-corrected chi connectivity index (χ4v) is 1.71. The summed E-state index contributed by atoms with van der Waals surface area (Å²) < 4.78 is 2.08. The first-order valence-corrected chi connectivity index (χ1v) is 6.19. The van der Waals surface area contributed by atoms with Crippen molar-refractivity contribution in [1.82, 2.24) is 15.3 Å². The van der Waals surface area contributed by atoms with E-state index in [0.717, 1.165) is 29.9 Å². The fourth-order valence-electron chi connectivity index (χ4n) is 1.71. The van der Waals surface area contributed by atoms with Crippen molar-refractivity contribution in [2.45, 2.75) is 13.3 Å². The fraction of sp³-hybridized carbons (Fsp3) is 0.286. The first kappa shape index (κ1) is 12.4. The largest absolute Gasteiger partial charge is 0.345 e. The third kappa shape index (κ3) is 2.97. The predicted octanol–water partition coefficient (Wildman–Crippen LogP) is 2.38. The number of hydrogen-bond acceptors (Lipinski definition) is 1. The van der Waals surface area contributed by atoms with Gasteiger partial charge in [-0.05, 0) is 36.2 Å². The van der Waals surface area contributed by atoms with Crippen LogP contribution in [0.4, 0.5) is 5.69 Å². The Morgan fingerprint density at radius 3 is 2.72 bits per heavy atom. The van der Waals surface area contributed by atoms with Gasteiger partial charge >= 0.3 is 0 Å². The smallest absolute Gasteiger partial charge is 0.236 e. The van der Waals surface area contributed by atoms with E-state index in [2.05, 4.69) is 51.0 Å². The molecule has 94 valence electrons. The van der Waals surface area contributed by atoms with Crippen molar-refractivity contribution in [2.24, 2.45) is 0 Å². The lowest BCUT2D eigenvalue weighted by atomic mass is 10.1. The molecule has 0 bridgehead atoms. The Labute approximate surface area is 107 Å². The van der Waals surface area contributed by atoms with Crippen LogP contribution in [0.2, 0.25) is 0 Å². The molecule has 0 aliphatic carbocycles. The molecule has 1 aromatic heterocycles. The molecule has 2 aromatic rings. The minimum Gasteiger partial charge on any atom is -0.345 e. The van der Waals surface area contributed by atoms with Crippen LogP contribution in [0.25, 0.3) is 11.3 Å². The normalized spacial score (nSPS) is 11.6. The van der Waals surface area contributed by atoms with Crippen LogP contribution in [0.15, 0.2) is 36.8 Å². The van der Waals surface area contributed by atoms with Crippen LogP contribution in [-0.2, 0) is 0 Å². The molecule has 0 saturated carbocycles. The zero-order valence-electron chi connectivity index (χ0n) is 10.9. The number of nitrogens with one attached hydrogen (secondary N) is 2. The standard InChI is InChI=1S/C14H18N4/c1-3-8-15-11-18(2)13-6-4-12(5-7-13)14-9-16-10-17-14/h4-7,9-11H,3,8H2,1-2H3,(H,16,17)/p+1. The zero-order valence-corrected chi connectivity index (χ0v) is 10.9. The molecule has 0 aliphatic heterocycles. The molecule has 0 saturated heterocycles. The number of hydrogen-bond donors (Lipinski definition) is 2. The molecule has 18 heavy (non-hydrogen) atoms. The lowest BCUT2D eigenvalue weighted by Crippen LogP contribution is -2.18. The molecule has 0 fully saturated rings. The molecule has 2 rings (SSSR count). The molecule has 1 aromatic carbocycles. The molecule has 0 radical (unpaired) electrons. The van der Waals surface area contributed by atoms with Crippen molar-refractivity contribution >= 4 is 12.0 Å². The third-order valence-corrected chi connectivity index (χ3v) is 2.76. The Balaban J connectivity index is 2.10. The maximum absolute atomic E-state index is 4.02. The Hall–Kier alpha value is -2.10. The van der Waals surface area contributed by atoms with Crippen molar-refractivity contribution in [1.29, 1.82) is 0 Å². The zero-order chi connectivity index (χ0) is 12.8. The predicted molar refractivity (Wildman–Crippen MR) is 74.2 cm³/mol. The van der Waals surface area contributed by atoms with Crippen LogP contribution >= 0.6 is 0 Å². The van der Waals surface area contributed by atoms with Crippen molar-refractivity contribution in [2.75, 3.05) is 13.6 Å². The van der Waals surface area contributed by atoms with Gasteiger partial charge in [-0.1, -0.05) is 6.92 Å². The summed E-state index contributed by atoms with van der Waals surface area (Å²) in [5, 5.41) is 3.26. The van der Waals surface area contributed by atoms with E-state index in [9.17, 15) is 0 Å². The van der Waals surface area contributed by atoms with E-state index in [-0.39, 0.29) is 0 Å². The summed E-state index contributed by atoms with van der Waals surface area (Å²) in [4.78, 5) is 7.12. The number of benzene rings is 1. The topological polar surface area (TPSA) is 43.7 Å². The highest BCUT2D eigenvalue weighted by Crippen LogP contribution is 2.19. The van der Waals surface area contributed by atoms with Gasteiger partial charge in [-0.2, -0.15) is 0 Å². The van der Waals surface area contributed by atoms with Crippen molar-refractivity contribution in [3.8, 4) is 11.3 Å². The Morgan fingerprint density at radius 2 is 2.11 bits per heavy atom. The molecule has 0 amide bonds. The van der Waals surface area contributed by atoms with Gasteiger partial charge in [-0.3, -0.25) is 5.32 Å². The number of aromatic amines is 1. The van der Waals surface area contributed by atoms with Gasteiger partial charge < -0.3 is 4.98 Å². The lowest BCUT2D eigenvalue weighted by Gasteiger charge is -2.02. The van der Waals surface area contributed by atoms with Crippen molar-refractivity contribution < 1.29 is 4.58 Å². The minimum atomic E-state index is 0.997. The number of nitrogens with zero attached hydrogens (tertiary/aromatic N) is 2. The minimum absolute atomic E-state index is 0.997. The summed E-state index contributed by atoms with van der Waals surface area (Å²) in [5.74, 6) is 0. The molecule has 2 N–H and O–H groups in total. The van der Waals surface area contributed by atoms with Gasteiger partial charge in [0.05, 0.1) is 31.8 Å². The lowest BCUT2D eigenvalue weighted by molar-refractivity contribution is -0.401. The monoisotopic (exact) mass is 243 g/mol. The molecule has 4 nitrogen and oxygen atoms in total. The van der Waals surface area contributed by atoms with Crippen LogP contribution in [0, 0.1) is 0 Å². The number of H-pyrrole nitrogens is 1. The highest BCUT2D eigenvalue weighted by Gasteiger charge is 2.01. The Bertz CT molecular complexity index is 497. The van der Waals surface area contributed by atoms with E-state index in [4.69, 9.17) is 0 Å². The van der Waals surface area contributed by atoms with Crippen molar-refractivity contribution in [3.05, 3.63) is 36.8 Å². The molecule has 0 atom stereocenters. The Morgan fingerprint density at radius 1 is 1.33 bits per heavy atom. The van der Waals surface area contributed by atoms with Crippen molar-refractivity contribution in [3.63, 3.8) is 0 Å². The molecular formula is C14H19N4+. The number of imidazole rings is 1. The van der Waals surface area contributed by atoms with Gasteiger partial charge in [0.2, 0.25) is 6.34 Å². The molecule has 0 spiro atoms. The maximum atomic E-state index is 4.02. The highest BCUT2D eigenvalue weighted by molar-refractivity contribution is 5.60. The van der Waals surface area contributed by atoms with Crippen LogP contribution < -0.4 is 5.32 Å². The summed E-state index contributed by atoms with van der Waals surface area (Å²) in [6, 6.07) is 8.38. The molecule has 0 unspecified atom stereocenters. The van der Waals surface area contributed by atoms with Gasteiger partial charge in [0, 0.05) is 0 Å². The van der Waals surface area contributed by atoms with Gasteiger partial charge in [-0.25, -0.2) is 9.56 Å². The molecule has 4 heteroatoms. The highest BCUT2D eigenvalue weighted by atomic mass is 15.1. The average molecular weight is 243 g/mol. The van der Waals surface area contributed by atoms with E-state index in [1.54, 1.807) is 6.33 Å². The average Bonchev–Trinajstić information content (AvgIpc) is 2.93. The molecule has 1 heterocycles. The van der Waals surface area contributed by atoms with Crippen LogP contribution in [0.1, 0.15) is 13.3 Å². The number of rotatable bonds is 5. The van der Waals surface area contributed by atoms with Gasteiger partial charge in [0.15, 0.2) is 0 Å². The van der Waals surface area contributed by atoms with Gasteiger partial charge in [-0.15, -0.1) is 0 Å². The Kier molecular flexibility index (Phi) is 4.12. The quantitative estimate of drug-likeness (QED) is 0.366. The van der Waals surface area contributed by atoms with Gasteiger partial charge in [0.1, 0.15) is 5.69 Å². The second-order valence-electron chi connectivity index (χ2n) is 4.21. The first-order valence-electron chi connectivity index (χ1n) is 6.19. The van der Waals surface area contributed by atoms with E-state index >= 15 is 0 Å². The van der Waals surface area contributed by atoms with E-state index in [0.29, 0.717) is 0 Å². The number of aromatic nitrogens is 2. The van der Waals surface area contributed by atoms with E-state index < -0.39 is 0 Å². The second kappa shape index (κ2) is 6.00. The molecular weight excluding hydrogens is 224 g/mol. The van der Waals surface area contributed by atoms with Crippen LogP contribution in [0.5, 0.6) is 0 Å². The van der Waals surface area contributed by atoms with Crippen LogP contribution in [0.3, 0.4) is 0 Å². The maximum Gasteiger partial charge on any atom is 0.236 e. The summed E-state index contributed by atoms with van der Waals surface area (Å²) >= 11 is 0. The summed E-state index contributed by atoms with van der Waals surface area (Å²) in [6.45, 7) is 3.15. The van der Waals surface area contributed by atoms with Crippen LogP contribution in [-0.4, -0.2) is 34.5 Å². The summed E-state index contributed by atoms with van der Waals surface area (Å²) in [6.07, 6.45) is 6.64. The SMILES string of the molecule is CCCNC=[N+](C)c1ccc(-c2cnc[nH]2)cc1. The van der Waals surface area contributed by atoms with Gasteiger partial charge in [0.25, 0.3) is 0 Å². The summed E-state index contributed by atoms with van der Waals surface area (Å²) in [7, 11) is 2.04. The first-order chi connectivity index (χ1) is 8.81. The second-order valence-corrected chi connectivity index (χ2v) is 4.21. The summed E-state index contributed by atoms with van der Waals surface area (Å²) in [5.41, 5.74) is 3.34. The third-order valence-electron chi connectivity index (χ3n) is 2.76. The molecule has 0 aliphatic rings. The van der Waals surface area contributed by atoms with E-state index in [1.807, 2.05) is 19.6 Å². The van der Waals surface area contributed by atoms with E-state index in [1.165, 1.54) is 0 Å².